The number of esters is 1. The minimum Gasteiger partial charge on any atom is -0.465 e. The summed E-state index contributed by atoms with van der Waals surface area (Å²) in [7, 11) is 1.28. The van der Waals surface area contributed by atoms with Crippen molar-refractivity contribution in [3.63, 3.8) is 0 Å². The zero-order valence-electron chi connectivity index (χ0n) is 17.1. The molecule has 30 heavy (non-hydrogen) atoms. The molecule has 0 atom stereocenters. The molecule has 0 fully saturated rings. The molecule has 1 aromatic carbocycles. The Balaban J connectivity index is 1.88. The first kappa shape index (κ1) is 21.8. The number of methoxy groups -OCH3 is 1. The molecule has 3 rings (SSSR count). The molecule has 0 radical (unpaired) electrons. The summed E-state index contributed by atoms with van der Waals surface area (Å²) in [6, 6.07) is 7.69. The Labute approximate surface area is 181 Å². The van der Waals surface area contributed by atoms with Gasteiger partial charge in [-0.15, -0.1) is 11.3 Å². The topological polar surface area (TPSA) is 108 Å². The fraction of sp³-hybridized carbons (Fsp3) is 0.300. The number of hydrogen-bond acceptors (Lipinski definition) is 8. The SMILES string of the molecule is CCN(C(=O)CSc1nc2sc(C(=O)OC)c(C)c2c(=O)n1N)c1cccc(C)c1. The van der Waals surface area contributed by atoms with Gasteiger partial charge in [0.15, 0.2) is 5.16 Å². The van der Waals surface area contributed by atoms with E-state index in [9.17, 15) is 14.4 Å². The van der Waals surface area contributed by atoms with Gasteiger partial charge in [0, 0.05) is 12.2 Å². The van der Waals surface area contributed by atoms with Gasteiger partial charge >= 0.3 is 5.97 Å². The molecule has 158 valence electrons. The van der Waals surface area contributed by atoms with E-state index in [0.717, 1.165) is 39.0 Å². The summed E-state index contributed by atoms with van der Waals surface area (Å²) in [6.45, 7) is 6.04. The van der Waals surface area contributed by atoms with Crippen LogP contribution in [0.3, 0.4) is 0 Å². The number of ether oxygens (including phenoxy) is 1. The molecule has 0 saturated heterocycles. The Morgan fingerprint density at radius 2 is 2.07 bits per heavy atom. The highest BCUT2D eigenvalue weighted by molar-refractivity contribution is 7.99. The molecule has 0 aliphatic rings. The minimum absolute atomic E-state index is 0.0607. The fourth-order valence-electron chi connectivity index (χ4n) is 3.07. The number of amides is 1. The van der Waals surface area contributed by atoms with E-state index < -0.39 is 11.5 Å². The Morgan fingerprint density at radius 3 is 2.70 bits per heavy atom. The summed E-state index contributed by atoms with van der Waals surface area (Å²) in [5.41, 5.74) is 1.89. The van der Waals surface area contributed by atoms with Gasteiger partial charge in [-0.05, 0) is 44.0 Å². The molecular formula is C20H22N4O4S2. The summed E-state index contributed by atoms with van der Waals surface area (Å²) >= 11 is 2.16. The van der Waals surface area contributed by atoms with Gasteiger partial charge in [0.25, 0.3) is 5.56 Å². The number of nitrogen functional groups attached to an aromatic ring is 1. The Morgan fingerprint density at radius 1 is 1.33 bits per heavy atom. The third-order valence-corrected chi connectivity index (χ3v) is 6.69. The number of nitrogens with zero attached hydrogens (tertiary/aromatic N) is 3. The van der Waals surface area contributed by atoms with Gasteiger partial charge < -0.3 is 15.5 Å². The largest absolute Gasteiger partial charge is 0.465 e. The van der Waals surface area contributed by atoms with Crippen LogP contribution in [0, 0.1) is 13.8 Å². The third kappa shape index (κ3) is 4.05. The maximum atomic E-state index is 12.8. The first-order valence-electron chi connectivity index (χ1n) is 9.17. The van der Waals surface area contributed by atoms with E-state index in [1.54, 1.807) is 11.8 Å². The van der Waals surface area contributed by atoms with Crippen molar-refractivity contribution in [2.24, 2.45) is 0 Å². The second-order valence-corrected chi connectivity index (χ2v) is 8.50. The lowest BCUT2D eigenvalue weighted by molar-refractivity contribution is -0.116. The summed E-state index contributed by atoms with van der Waals surface area (Å²) < 4.78 is 5.68. The van der Waals surface area contributed by atoms with Crippen LogP contribution in [0.5, 0.6) is 0 Å². The predicted molar refractivity (Wildman–Crippen MR) is 120 cm³/mol. The summed E-state index contributed by atoms with van der Waals surface area (Å²) in [6.07, 6.45) is 0. The number of fused-ring (bicyclic) bond motifs is 1. The highest BCUT2D eigenvalue weighted by atomic mass is 32.2. The van der Waals surface area contributed by atoms with E-state index in [2.05, 4.69) is 4.98 Å². The van der Waals surface area contributed by atoms with E-state index in [-0.39, 0.29) is 22.2 Å². The molecule has 3 aromatic rings. The Bertz CT molecular complexity index is 1190. The zero-order chi connectivity index (χ0) is 22.0. The van der Waals surface area contributed by atoms with Crippen LogP contribution < -0.4 is 16.3 Å². The van der Waals surface area contributed by atoms with E-state index >= 15 is 0 Å². The molecule has 2 heterocycles. The molecule has 0 unspecified atom stereocenters. The number of aryl methyl sites for hydroxylation is 2. The number of rotatable bonds is 6. The van der Waals surface area contributed by atoms with Crippen molar-refractivity contribution >= 4 is 50.9 Å². The van der Waals surface area contributed by atoms with Crippen molar-refractivity contribution in [3.8, 4) is 0 Å². The van der Waals surface area contributed by atoms with Crippen molar-refractivity contribution in [2.75, 3.05) is 30.1 Å². The van der Waals surface area contributed by atoms with Crippen LogP contribution in [0.15, 0.2) is 34.2 Å². The van der Waals surface area contributed by atoms with Gasteiger partial charge in [-0.25, -0.2) is 14.5 Å². The molecule has 8 nitrogen and oxygen atoms in total. The molecule has 0 aliphatic carbocycles. The second-order valence-electron chi connectivity index (χ2n) is 6.56. The molecule has 10 heteroatoms. The summed E-state index contributed by atoms with van der Waals surface area (Å²) in [5.74, 6) is 5.35. The summed E-state index contributed by atoms with van der Waals surface area (Å²) in [5, 5.41) is 0.493. The number of benzene rings is 1. The van der Waals surface area contributed by atoms with Crippen LogP contribution in [0.4, 0.5) is 5.69 Å². The molecule has 0 aliphatic heterocycles. The normalized spacial score (nSPS) is 10.9. The first-order valence-corrected chi connectivity index (χ1v) is 11.0. The second kappa shape index (κ2) is 8.88. The van der Waals surface area contributed by atoms with Gasteiger partial charge in [-0.3, -0.25) is 9.59 Å². The third-order valence-electron chi connectivity index (χ3n) is 4.59. The lowest BCUT2D eigenvalue weighted by atomic mass is 10.2. The molecule has 0 spiro atoms. The maximum Gasteiger partial charge on any atom is 0.348 e. The predicted octanol–water partition coefficient (Wildman–Crippen LogP) is 2.72. The van der Waals surface area contributed by atoms with Crippen LogP contribution in [0.2, 0.25) is 0 Å². The van der Waals surface area contributed by atoms with Crippen molar-refractivity contribution in [2.45, 2.75) is 25.9 Å². The molecule has 2 aromatic heterocycles. The average molecular weight is 447 g/mol. The highest BCUT2D eigenvalue weighted by Gasteiger charge is 2.22. The van der Waals surface area contributed by atoms with Gasteiger partial charge in [0.05, 0.1) is 18.2 Å². The number of thiophene rings is 1. The van der Waals surface area contributed by atoms with Crippen molar-refractivity contribution in [3.05, 3.63) is 50.6 Å². The number of hydrogen-bond donors (Lipinski definition) is 1. The van der Waals surface area contributed by atoms with Crippen LogP contribution >= 0.6 is 23.1 Å². The number of nitrogens with two attached hydrogens (primary N) is 1. The molecule has 0 saturated carbocycles. The van der Waals surface area contributed by atoms with Crippen LogP contribution in [0.25, 0.3) is 10.2 Å². The number of aromatic nitrogens is 2. The maximum absolute atomic E-state index is 12.8. The van der Waals surface area contributed by atoms with Crippen LogP contribution in [-0.2, 0) is 9.53 Å². The summed E-state index contributed by atoms with van der Waals surface area (Å²) in [4.78, 5) is 44.2. The Hall–Kier alpha value is -2.85. The number of carbonyl (C=O) groups excluding carboxylic acids is 2. The fourth-order valence-corrected chi connectivity index (χ4v) is 5.00. The first-order chi connectivity index (χ1) is 14.3. The van der Waals surface area contributed by atoms with Crippen molar-refractivity contribution in [1.82, 2.24) is 9.66 Å². The van der Waals surface area contributed by atoms with E-state index in [4.69, 9.17) is 10.6 Å². The molecular weight excluding hydrogens is 424 g/mol. The van der Waals surface area contributed by atoms with Crippen LogP contribution in [0.1, 0.15) is 27.7 Å². The number of carbonyl (C=O) groups is 2. The quantitative estimate of drug-likeness (QED) is 0.268. The van der Waals surface area contributed by atoms with E-state index in [0.29, 0.717) is 21.8 Å². The average Bonchev–Trinajstić information content (AvgIpc) is 3.06. The standard InChI is InChI=1S/C20H22N4O4S2/c1-5-23(13-8-6-7-11(2)9-13)14(25)10-29-20-22-17-15(18(26)24(20)21)12(3)16(30-17)19(27)28-4/h6-9H,5,10,21H2,1-4H3. The van der Waals surface area contributed by atoms with Crippen molar-refractivity contribution in [1.29, 1.82) is 0 Å². The molecule has 2 N–H and O–H groups in total. The van der Waals surface area contributed by atoms with Gasteiger partial charge in [-0.1, -0.05) is 23.9 Å². The van der Waals surface area contributed by atoms with E-state index in [1.807, 2.05) is 38.1 Å². The van der Waals surface area contributed by atoms with Gasteiger partial charge in [0.2, 0.25) is 5.91 Å². The smallest absolute Gasteiger partial charge is 0.348 e. The number of thioether (sulfide) groups is 1. The van der Waals surface area contributed by atoms with Crippen LogP contribution in [-0.4, -0.2) is 40.9 Å². The van der Waals surface area contributed by atoms with Gasteiger partial charge in [-0.2, -0.15) is 0 Å². The molecule has 1 amide bonds. The zero-order valence-corrected chi connectivity index (χ0v) is 18.7. The lowest BCUT2D eigenvalue weighted by Gasteiger charge is -2.21. The van der Waals surface area contributed by atoms with E-state index in [1.165, 1.54) is 7.11 Å². The monoisotopic (exact) mass is 446 g/mol. The highest BCUT2D eigenvalue weighted by Crippen LogP contribution is 2.29. The lowest BCUT2D eigenvalue weighted by Crippen LogP contribution is -2.33. The van der Waals surface area contributed by atoms with Gasteiger partial charge in [0.1, 0.15) is 9.71 Å². The minimum atomic E-state index is -0.528. The Kier molecular flexibility index (Phi) is 6.47. The molecule has 0 bridgehead atoms. The van der Waals surface area contributed by atoms with Crippen molar-refractivity contribution < 1.29 is 14.3 Å². The number of anilines is 1.